The largest absolute Gasteiger partial charge is 0.456 e. The van der Waals surface area contributed by atoms with Gasteiger partial charge in [-0.3, -0.25) is 9.20 Å². The van der Waals surface area contributed by atoms with E-state index in [9.17, 15) is 9.59 Å². The van der Waals surface area contributed by atoms with E-state index in [4.69, 9.17) is 4.74 Å². The molecule has 0 amide bonds. The molecule has 0 bridgehead atoms. The molecule has 0 atom stereocenters. The van der Waals surface area contributed by atoms with Gasteiger partial charge < -0.3 is 4.74 Å². The van der Waals surface area contributed by atoms with Crippen molar-refractivity contribution in [2.24, 2.45) is 0 Å². The van der Waals surface area contributed by atoms with E-state index in [0.29, 0.717) is 16.9 Å². The lowest BCUT2D eigenvalue weighted by Crippen LogP contribution is -2.17. The Morgan fingerprint density at radius 2 is 1.85 bits per heavy atom. The number of carbonyl (C=O) groups is 1. The van der Waals surface area contributed by atoms with Crippen molar-refractivity contribution in [1.82, 2.24) is 9.38 Å². The van der Waals surface area contributed by atoms with E-state index in [0.717, 1.165) is 16.3 Å². The van der Waals surface area contributed by atoms with Gasteiger partial charge in [-0.25, -0.2) is 9.78 Å². The smallest absolute Gasteiger partial charge is 0.338 e. The van der Waals surface area contributed by atoms with Gasteiger partial charge in [0, 0.05) is 12.3 Å². The Kier molecular flexibility index (Phi) is 3.97. The molecular weight excluding hydrogens is 328 g/mol. The summed E-state index contributed by atoms with van der Waals surface area (Å²) in [4.78, 5) is 29.0. The van der Waals surface area contributed by atoms with Gasteiger partial charge >= 0.3 is 5.97 Å². The van der Waals surface area contributed by atoms with Gasteiger partial charge in [0.25, 0.3) is 5.56 Å². The molecule has 2 aromatic heterocycles. The fourth-order valence-electron chi connectivity index (χ4n) is 2.92. The lowest BCUT2D eigenvalue weighted by molar-refractivity contribution is 0.0468. The highest BCUT2D eigenvalue weighted by Gasteiger charge is 2.10. The van der Waals surface area contributed by atoms with Crippen molar-refractivity contribution in [3.8, 4) is 0 Å². The molecule has 2 heterocycles. The maximum absolute atomic E-state index is 12.3. The molecule has 0 saturated carbocycles. The van der Waals surface area contributed by atoms with Crippen LogP contribution in [0.15, 0.2) is 71.7 Å². The molecule has 0 saturated heterocycles. The second kappa shape index (κ2) is 6.44. The molecule has 0 N–H and O–H groups in total. The summed E-state index contributed by atoms with van der Waals surface area (Å²) < 4.78 is 6.83. The topological polar surface area (TPSA) is 60.7 Å². The van der Waals surface area contributed by atoms with E-state index in [1.807, 2.05) is 43.3 Å². The third-order valence-electron chi connectivity index (χ3n) is 4.28. The molecular formula is C21H16N2O3. The van der Waals surface area contributed by atoms with Gasteiger partial charge in [-0.15, -0.1) is 0 Å². The Morgan fingerprint density at radius 3 is 2.69 bits per heavy atom. The Morgan fingerprint density at radius 1 is 1.04 bits per heavy atom. The molecule has 0 aliphatic heterocycles. The molecule has 5 heteroatoms. The predicted octanol–water partition coefficient (Wildman–Crippen LogP) is 3.51. The van der Waals surface area contributed by atoms with Crippen LogP contribution >= 0.6 is 0 Å². The van der Waals surface area contributed by atoms with Gasteiger partial charge in [0.1, 0.15) is 12.3 Å². The van der Waals surface area contributed by atoms with Crippen LogP contribution in [0.25, 0.3) is 16.4 Å². The fraction of sp³-hybridized carbons (Fsp3) is 0.0952. The lowest BCUT2D eigenvalue weighted by atomic mass is 10.1. The standard InChI is InChI=1S/C21H16N2O3/c1-14-5-4-10-23-19(24)12-18(22-20(14)23)13-26-21(25)17-9-8-15-6-2-3-7-16(15)11-17/h2-12H,13H2,1H3. The monoisotopic (exact) mass is 344 g/mol. The minimum atomic E-state index is -0.442. The minimum absolute atomic E-state index is 0.0499. The molecule has 2 aromatic carbocycles. The van der Waals surface area contributed by atoms with Crippen molar-refractivity contribution in [3.63, 3.8) is 0 Å². The molecule has 0 fully saturated rings. The maximum Gasteiger partial charge on any atom is 0.338 e. The Balaban J connectivity index is 1.58. The number of carbonyl (C=O) groups excluding carboxylic acids is 1. The number of nitrogens with zero attached hydrogens (tertiary/aromatic N) is 2. The minimum Gasteiger partial charge on any atom is -0.456 e. The molecule has 0 unspecified atom stereocenters. The summed E-state index contributed by atoms with van der Waals surface area (Å²) in [5.41, 5.74) is 2.15. The number of hydrogen-bond donors (Lipinski definition) is 0. The van der Waals surface area contributed by atoms with Crippen molar-refractivity contribution in [1.29, 1.82) is 0 Å². The Bertz CT molecular complexity index is 1190. The van der Waals surface area contributed by atoms with Crippen LogP contribution in [0.5, 0.6) is 0 Å². The van der Waals surface area contributed by atoms with E-state index in [1.165, 1.54) is 10.5 Å². The summed E-state index contributed by atoms with van der Waals surface area (Å²) in [6.07, 6.45) is 1.67. The highest BCUT2D eigenvalue weighted by atomic mass is 16.5. The Hall–Kier alpha value is -3.47. The number of fused-ring (bicyclic) bond motifs is 2. The number of benzene rings is 2. The number of ether oxygens (including phenoxy) is 1. The van der Waals surface area contributed by atoms with Gasteiger partial charge in [-0.05, 0) is 41.5 Å². The highest BCUT2D eigenvalue weighted by Crippen LogP contribution is 2.16. The second-order valence-electron chi connectivity index (χ2n) is 6.11. The molecule has 4 aromatic rings. The average Bonchev–Trinajstić information content (AvgIpc) is 2.66. The first-order chi connectivity index (χ1) is 12.6. The van der Waals surface area contributed by atoms with Crippen LogP contribution < -0.4 is 5.56 Å². The normalized spacial score (nSPS) is 11.0. The van der Waals surface area contributed by atoms with Crippen molar-refractivity contribution >= 4 is 22.4 Å². The molecule has 0 spiro atoms. The van der Waals surface area contributed by atoms with Gasteiger partial charge in [0.2, 0.25) is 0 Å². The van der Waals surface area contributed by atoms with Crippen LogP contribution in [0.3, 0.4) is 0 Å². The second-order valence-corrected chi connectivity index (χ2v) is 6.11. The number of aryl methyl sites for hydroxylation is 1. The van der Waals surface area contributed by atoms with Crippen molar-refractivity contribution in [2.45, 2.75) is 13.5 Å². The number of aromatic nitrogens is 2. The van der Waals surface area contributed by atoms with E-state index in [-0.39, 0.29) is 12.2 Å². The molecule has 4 rings (SSSR count). The summed E-state index contributed by atoms with van der Waals surface area (Å²) in [6, 6.07) is 18.3. The fourth-order valence-corrected chi connectivity index (χ4v) is 2.92. The van der Waals surface area contributed by atoms with Gasteiger partial charge in [0.15, 0.2) is 0 Å². The lowest BCUT2D eigenvalue weighted by Gasteiger charge is -2.08. The number of pyridine rings is 1. The Labute approximate surface area is 149 Å². The number of hydrogen-bond acceptors (Lipinski definition) is 4. The van der Waals surface area contributed by atoms with E-state index in [2.05, 4.69) is 4.98 Å². The zero-order valence-electron chi connectivity index (χ0n) is 14.2. The molecule has 5 nitrogen and oxygen atoms in total. The van der Waals surface area contributed by atoms with E-state index < -0.39 is 5.97 Å². The van der Waals surface area contributed by atoms with E-state index >= 15 is 0 Å². The first-order valence-corrected chi connectivity index (χ1v) is 8.26. The first kappa shape index (κ1) is 16.0. The van der Waals surface area contributed by atoms with Crippen LogP contribution in [-0.2, 0) is 11.3 Å². The first-order valence-electron chi connectivity index (χ1n) is 8.26. The van der Waals surface area contributed by atoms with Crippen molar-refractivity contribution in [3.05, 3.63) is 94.0 Å². The summed E-state index contributed by atoms with van der Waals surface area (Å²) >= 11 is 0. The highest BCUT2D eigenvalue weighted by molar-refractivity contribution is 5.95. The molecule has 26 heavy (non-hydrogen) atoms. The zero-order valence-corrected chi connectivity index (χ0v) is 14.2. The van der Waals surface area contributed by atoms with Crippen LogP contribution in [-0.4, -0.2) is 15.4 Å². The van der Waals surface area contributed by atoms with Gasteiger partial charge in [0.05, 0.1) is 11.3 Å². The average molecular weight is 344 g/mol. The summed E-state index contributed by atoms with van der Waals surface area (Å²) in [6.45, 7) is 1.83. The summed E-state index contributed by atoms with van der Waals surface area (Å²) in [5, 5.41) is 2.03. The van der Waals surface area contributed by atoms with E-state index in [1.54, 1.807) is 24.4 Å². The molecule has 128 valence electrons. The molecule has 0 radical (unpaired) electrons. The SMILES string of the molecule is Cc1cccn2c(=O)cc(COC(=O)c3ccc4ccccc4c3)nc12. The maximum atomic E-state index is 12.3. The van der Waals surface area contributed by atoms with Crippen LogP contribution in [0.4, 0.5) is 0 Å². The predicted molar refractivity (Wildman–Crippen MR) is 99.3 cm³/mol. The van der Waals surface area contributed by atoms with Crippen LogP contribution in [0.2, 0.25) is 0 Å². The number of rotatable bonds is 3. The zero-order chi connectivity index (χ0) is 18.1. The quantitative estimate of drug-likeness (QED) is 0.534. The number of esters is 1. The van der Waals surface area contributed by atoms with Crippen LogP contribution in [0, 0.1) is 6.92 Å². The molecule has 0 aliphatic rings. The third kappa shape index (κ3) is 2.95. The third-order valence-corrected chi connectivity index (χ3v) is 4.28. The van der Waals surface area contributed by atoms with Gasteiger partial charge in [-0.1, -0.05) is 36.4 Å². The van der Waals surface area contributed by atoms with Gasteiger partial charge in [-0.2, -0.15) is 0 Å². The van der Waals surface area contributed by atoms with Crippen molar-refractivity contribution < 1.29 is 9.53 Å². The van der Waals surface area contributed by atoms with Crippen molar-refractivity contribution in [2.75, 3.05) is 0 Å². The van der Waals surface area contributed by atoms with Crippen LogP contribution in [0.1, 0.15) is 21.6 Å². The summed E-state index contributed by atoms with van der Waals surface area (Å²) in [7, 11) is 0. The molecule has 0 aliphatic carbocycles. The summed E-state index contributed by atoms with van der Waals surface area (Å²) in [5.74, 6) is -0.442.